The zero-order valence-corrected chi connectivity index (χ0v) is 13.8. The number of aldehydes is 1. The van der Waals surface area contributed by atoms with Crippen LogP contribution in [0.2, 0.25) is 10.0 Å². The maximum absolute atomic E-state index is 11.7. The number of Topliss-reactive ketones (excluding diaryl/α,β-unsaturated/α-hetero) is 1. The van der Waals surface area contributed by atoms with Gasteiger partial charge in [-0.25, -0.2) is 0 Å². The van der Waals surface area contributed by atoms with E-state index in [1.54, 1.807) is 18.2 Å². The Kier molecular flexibility index (Phi) is 5.45. The first-order valence-electron chi connectivity index (χ1n) is 6.76. The summed E-state index contributed by atoms with van der Waals surface area (Å²) in [6.07, 6.45) is 0.389. The Balaban J connectivity index is 2.13. The third-order valence-corrected chi connectivity index (χ3v) is 4.16. The second-order valence-corrected chi connectivity index (χ2v) is 6.14. The van der Waals surface area contributed by atoms with Crippen LogP contribution in [0.5, 0.6) is 0 Å². The molecule has 2 N–H and O–H groups in total. The van der Waals surface area contributed by atoms with Crippen molar-refractivity contribution < 1.29 is 9.59 Å². The summed E-state index contributed by atoms with van der Waals surface area (Å²) >= 11 is 11.9. The number of ketones is 1. The molecule has 22 heavy (non-hydrogen) atoms. The first-order chi connectivity index (χ1) is 10.4. The minimum absolute atomic E-state index is 0.389. The van der Waals surface area contributed by atoms with Crippen LogP contribution in [-0.4, -0.2) is 37.1 Å². The summed E-state index contributed by atoms with van der Waals surface area (Å²) in [6, 6.07) is 5.12. The molecule has 1 heterocycles. The fourth-order valence-electron chi connectivity index (χ4n) is 2.44. The highest BCUT2D eigenvalue weighted by atomic mass is 35.5. The third-order valence-electron chi connectivity index (χ3n) is 3.61. The number of hydrogen-bond donors (Lipinski definition) is 2. The van der Waals surface area contributed by atoms with E-state index in [1.165, 1.54) is 0 Å². The maximum Gasteiger partial charge on any atom is 0.203 e. The summed E-state index contributed by atoms with van der Waals surface area (Å²) in [5.41, 5.74) is 8.41. The predicted molar refractivity (Wildman–Crippen MR) is 88.0 cm³/mol. The monoisotopic (exact) mass is 341 g/mol. The average molecular weight is 342 g/mol. The molecule has 0 aliphatic carbocycles. The summed E-state index contributed by atoms with van der Waals surface area (Å²) < 4.78 is 0. The summed E-state index contributed by atoms with van der Waals surface area (Å²) in [6.45, 7) is 3.04. The van der Waals surface area contributed by atoms with E-state index in [0.717, 1.165) is 11.3 Å². The van der Waals surface area contributed by atoms with E-state index >= 15 is 0 Å². The Morgan fingerprint density at radius 2 is 2.14 bits per heavy atom. The van der Waals surface area contributed by atoms with E-state index in [1.807, 2.05) is 18.9 Å². The molecule has 1 atom stereocenters. The van der Waals surface area contributed by atoms with Crippen LogP contribution in [0.15, 0.2) is 29.5 Å². The molecule has 1 aromatic carbocycles. The Bertz CT molecular complexity index is 631. The SMILES string of the molecule is CC(NNc1ccc(Cl)cc1Cl)=C1CN(C)CC1C(=O)C=O. The molecule has 0 amide bonds. The van der Waals surface area contributed by atoms with Gasteiger partial charge < -0.3 is 10.3 Å². The van der Waals surface area contributed by atoms with E-state index < -0.39 is 11.7 Å². The van der Waals surface area contributed by atoms with Crippen molar-refractivity contribution in [2.45, 2.75) is 6.92 Å². The number of carbonyl (C=O) groups excluding carboxylic acids is 2. The van der Waals surface area contributed by atoms with E-state index in [2.05, 4.69) is 10.9 Å². The van der Waals surface area contributed by atoms with Gasteiger partial charge in [0, 0.05) is 23.8 Å². The van der Waals surface area contributed by atoms with Gasteiger partial charge in [-0.2, -0.15) is 0 Å². The van der Waals surface area contributed by atoms with Crippen molar-refractivity contribution in [3.05, 3.63) is 39.5 Å². The molecule has 1 saturated heterocycles. The summed E-state index contributed by atoms with van der Waals surface area (Å²) in [7, 11) is 1.91. The topological polar surface area (TPSA) is 61.4 Å². The number of likely N-dealkylation sites (N-methyl/N-ethyl adjacent to an activating group) is 1. The molecule has 1 aliphatic heterocycles. The van der Waals surface area contributed by atoms with Crippen molar-refractivity contribution in [2.24, 2.45) is 5.92 Å². The van der Waals surface area contributed by atoms with E-state index in [0.29, 0.717) is 35.1 Å². The quantitative estimate of drug-likeness (QED) is 0.489. The fourth-order valence-corrected chi connectivity index (χ4v) is 2.90. The van der Waals surface area contributed by atoms with Crippen molar-refractivity contribution in [1.29, 1.82) is 0 Å². The number of benzene rings is 1. The normalized spacial score (nSPS) is 20.6. The predicted octanol–water partition coefficient (Wildman–Crippen LogP) is 2.51. The van der Waals surface area contributed by atoms with Gasteiger partial charge in [-0.05, 0) is 37.7 Å². The van der Waals surface area contributed by atoms with Gasteiger partial charge in [0.1, 0.15) is 0 Å². The molecule has 0 aromatic heterocycles. The first-order valence-corrected chi connectivity index (χ1v) is 7.52. The van der Waals surface area contributed by atoms with Crippen molar-refractivity contribution in [1.82, 2.24) is 10.3 Å². The molecule has 0 radical (unpaired) electrons. The number of nitrogens with zero attached hydrogens (tertiary/aromatic N) is 1. The van der Waals surface area contributed by atoms with E-state index in [9.17, 15) is 9.59 Å². The van der Waals surface area contributed by atoms with Gasteiger partial charge >= 0.3 is 0 Å². The Hall–Kier alpha value is -1.56. The fraction of sp³-hybridized carbons (Fsp3) is 0.333. The lowest BCUT2D eigenvalue weighted by Crippen LogP contribution is -2.25. The molecule has 5 nitrogen and oxygen atoms in total. The van der Waals surface area contributed by atoms with Crippen LogP contribution in [0.4, 0.5) is 5.69 Å². The van der Waals surface area contributed by atoms with Gasteiger partial charge in [0.25, 0.3) is 0 Å². The van der Waals surface area contributed by atoms with Crippen LogP contribution in [0, 0.1) is 5.92 Å². The molecule has 0 saturated carbocycles. The largest absolute Gasteiger partial charge is 0.305 e. The molecule has 1 aliphatic rings. The highest BCUT2D eigenvalue weighted by Gasteiger charge is 2.32. The number of hydrazine groups is 1. The zero-order chi connectivity index (χ0) is 16.3. The van der Waals surface area contributed by atoms with Gasteiger partial charge in [0.2, 0.25) is 5.78 Å². The smallest absolute Gasteiger partial charge is 0.203 e. The third kappa shape index (κ3) is 3.80. The van der Waals surface area contributed by atoms with E-state index in [4.69, 9.17) is 23.2 Å². The maximum atomic E-state index is 11.7. The number of anilines is 1. The Morgan fingerprint density at radius 1 is 1.41 bits per heavy atom. The van der Waals surface area contributed by atoms with Crippen LogP contribution in [0.1, 0.15) is 6.92 Å². The lowest BCUT2D eigenvalue weighted by Gasteiger charge is -2.16. The Morgan fingerprint density at radius 3 is 2.77 bits per heavy atom. The van der Waals surface area contributed by atoms with Gasteiger partial charge in [0.15, 0.2) is 6.29 Å². The second kappa shape index (κ2) is 7.13. The molecule has 2 rings (SSSR count). The number of nitrogens with one attached hydrogen (secondary N) is 2. The number of likely N-dealkylation sites (tertiary alicyclic amines) is 1. The number of allylic oxidation sites excluding steroid dienone is 1. The van der Waals surface area contributed by atoms with Crippen molar-refractivity contribution in [3.8, 4) is 0 Å². The molecule has 1 unspecified atom stereocenters. The molecule has 0 spiro atoms. The van der Waals surface area contributed by atoms with Gasteiger partial charge in [-0.15, -0.1) is 0 Å². The molecule has 1 fully saturated rings. The summed E-state index contributed by atoms with van der Waals surface area (Å²) in [5.74, 6) is -0.789. The van der Waals surface area contributed by atoms with Crippen LogP contribution in [0.3, 0.4) is 0 Å². The first kappa shape index (κ1) is 16.8. The molecular formula is C15H17Cl2N3O2. The van der Waals surface area contributed by atoms with Crippen molar-refractivity contribution in [2.75, 3.05) is 25.6 Å². The summed E-state index contributed by atoms with van der Waals surface area (Å²) in [5, 5.41) is 1.04. The highest BCUT2D eigenvalue weighted by Crippen LogP contribution is 2.26. The standard InChI is InChI=1S/C15H17Cl2N3O2/c1-9(11-6-20(2)7-12(11)15(22)8-21)18-19-14-4-3-10(16)5-13(14)17/h3-5,8,12,18-19H,6-7H2,1-2H3. The minimum Gasteiger partial charge on any atom is -0.305 e. The molecule has 7 heteroatoms. The number of hydrogen-bond acceptors (Lipinski definition) is 5. The number of rotatable bonds is 5. The number of carbonyl (C=O) groups is 2. The van der Waals surface area contributed by atoms with Gasteiger partial charge in [0.05, 0.1) is 16.6 Å². The number of halogens is 2. The zero-order valence-electron chi connectivity index (χ0n) is 12.3. The minimum atomic E-state index is -0.398. The van der Waals surface area contributed by atoms with Gasteiger partial charge in [-0.1, -0.05) is 23.2 Å². The lowest BCUT2D eigenvalue weighted by molar-refractivity contribution is -0.131. The van der Waals surface area contributed by atoms with Gasteiger partial charge in [-0.3, -0.25) is 15.0 Å². The average Bonchev–Trinajstić information content (AvgIpc) is 2.87. The van der Waals surface area contributed by atoms with Crippen molar-refractivity contribution in [3.63, 3.8) is 0 Å². The highest BCUT2D eigenvalue weighted by molar-refractivity contribution is 6.36. The van der Waals surface area contributed by atoms with Crippen LogP contribution in [-0.2, 0) is 9.59 Å². The second-order valence-electron chi connectivity index (χ2n) is 5.29. The Labute approximate surface area is 139 Å². The molecular weight excluding hydrogens is 325 g/mol. The van der Waals surface area contributed by atoms with Crippen LogP contribution in [0.25, 0.3) is 0 Å². The molecule has 0 bridgehead atoms. The molecule has 1 aromatic rings. The van der Waals surface area contributed by atoms with Crippen molar-refractivity contribution >= 4 is 41.0 Å². The van der Waals surface area contributed by atoms with E-state index in [-0.39, 0.29) is 0 Å². The van der Waals surface area contributed by atoms with Crippen LogP contribution < -0.4 is 10.9 Å². The summed E-state index contributed by atoms with van der Waals surface area (Å²) in [4.78, 5) is 24.5. The molecule has 118 valence electrons. The lowest BCUT2D eigenvalue weighted by atomic mass is 9.97. The van der Waals surface area contributed by atoms with Crippen LogP contribution >= 0.6 is 23.2 Å².